The van der Waals surface area contributed by atoms with Gasteiger partial charge < -0.3 is 15.4 Å². The van der Waals surface area contributed by atoms with Crippen LogP contribution in [0.2, 0.25) is 0 Å². The molecule has 2 aromatic carbocycles. The second-order valence-electron chi connectivity index (χ2n) is 7.15. The second-order valence-corrected chi connectivity index (χ2v) is 7.15. The van der Waals surface area contributed by atoms with Crippen LogP contribution in [0.4, 0.5) is 0 Å². The SMILES string of the molecule is CN=C(NCCCc1cn(-c2ccccc2)nc1C)NCCc1ccc(OC)cc1.I. The summed E-state index contributed by atoms with van der Waals surface area (Å²) < 4.78 is 7.15. The van der Waals surface area contributed by atoms with Crippen LogP contribution in [0.5, 0.6) is 5.75 Å². The van der Waals surface area contributed by atoms with Gasteiger partial charge in [0.1, 0.15) is 5.75 Å². The van der Waals surface area contributed by atoms with E-state index in [0.717, 1.165) is 55.4 Å². The van der Waals surface area contributed by atoms with Gasteiger partial charge in [-0.15, -0.1) is 24.0 Å². The molecule has 166 valence electrons. The number of aliphatic imine (C=N–C) groups is 1. The summed E-state index contributed by atoms with van der Waals surface area (Å²) in [6.07, 6.45) is 5.06. The van der Waals surface area contributed by atoms with Crippen LogP contribution in [0.1, 0.15) is 23.2 Å². The molecule has 0 aliphatic carbocycles. The molecule has 0 saturated heterocycles. The average molecular weight is 533 g/mol. The number of nitrogens with zero attached hydrogens (tertiary/aromatic N) is 3. The van der Waals surface area contributed by atoms with E-state index in [1.807, 2.05) is 35.0 Å². The van der Waals surface area contributed by atoms with Gasteiger partial charge in [-0.25, -0.2) is 4.68 Å². The summed E-state index contributed by atoms with van der Waals surface area (Å²) in [5.74, 6) is 1.72. The number of ether oxygens (including phenoxy) is 1. The maximum atomic E-state index is 5.20. The van der Waals surface area contributed by atoms with Crippen molar-refractivity contribution < 1.29 is 4.74 Å². The fourth-order valence-electron chi connectivity index (χ4n) is 3.28. The number of hydrogen-bond acceptors (Lipinski definition) is 3. The highest BCUT2D eigenvalue weighted by Gasteiger charge is 2.06. The van der Waals surface area contributed by atoms with Crippen LogP contribution in [0.15, 0.2) is 65.8 Å². The quantitative estimate of drug-likeness (QED) is 0.188. The van der Waals surface area contributed by atoms with E-state index in [0.29, 0.717) is 0 Å². The highest BCUT2D eigenvalue weighted by atomic mass is 127. The largest absolute Gasteiger partial charge is 0.497 e. The molecule has 0 unspecified atom stereocenters. The topological polar surface area (TPSA) is 63.5 Å². The smallest absolute Gasteiger partial charge is 0.190 e. The Labute approximate surface area is 202 Å². The van der Waals surface area contributed by atoms with Gasteiger partial charge in [0.05, 0.1) is 18.5 Å². The predicted octanol–water partition coefficient (Wildman–Crippen LogP) is 4.15. The van der Waals surface area contributed by atoms with E-state index in [2.05, 4.69) is 58.1 Å². The molecule has 0 aliphatic heterocycles. The normalized spacial score (nSPS) is 11.0. The lowest BCUT2D eigenvalue weighted by atomic mass is 10.1. The monoisotopic (exact) mass is 533 g/mol. The van der Waals surface area contributed by atoms with E-state index >= 15 is 0 Å². The van der Waals surface area contributed by atoms with Crippen LogP contribution >= 0.6 is 24.0 Å². The Morgan fingerprint density at radius 3 is 2.39 bits per heavy atom. The number of methoxy groups -OCH3 is 1. The zero-order valence-corrected chi connectivity index (χ0v) is 20.8. The molecule has 31 heavy (non-hydrogen) atoms. The summed E-state index contributed by atoms with van der Waals surface area (Å²) in [6, 6.07) is 18.4. The first kappa shape index (κ1) is 24.7. The van der Waals surface area contributed by atoms with Crippen molar-refractivity contribution in [3.8, 4) is 11.4 Å². The molecular formula is C24H32IN5O. The fraction of sp³-hybridized carbons (Fsp3) is 0.333. The van der Waals surface area contributed by atoms with Crippen LogP contribution in [0.25, 0.3) is 5.69 Å². The van der Waals surface area contributed by atoms with Crippen molar-refractivity contribution in [2.24, 2.45) is 4.99 Å². The van der Waals surface area contributed by atoms with E-state index in [-0.39, 0.29) is 24.0 Å². The first-order chi connectivity index (χ1) is 14.7. The van der Waals surface area contributed by atoms with Crippen molar-refractivity contribution in [1.29, 1.82) is 0 Å². The maximum absolute atomic E-state index is 5.20. The number of hydrogen-bond donors (Lipinski definition) is 2. The summed E-state index contributed by atoms with van der Waals surface area (Å²) in [4.78, 5) is 4.31. The third-order valence-corrected chi connectivity index (χ3v) is 5.03. The Bertz CT molecular complexity index is 938. The Morgan fingerprint density at radius 2 is 1.71 bits per heavy atom. The van der Waals surface area contributed by atoms with Crippen molar-refractivity contribution in [3.63, 3.8) is 0 Å². The molecule has 6 nitrogen and oxygen atoms in total. The molecule has 7 heteroatoms. The molecule has 0 atom stereocenters. The zero-order valence-electron chi connectivity index (χ0n) is 18.5. The van der Waals surface area contributed by atoms with E-state index < -0.39 is 0 Å². The number of guanidine groups is 1. The Hall–Kier alpha value is -2.55. The van der Waals surface area contributed by atoms with Crippen molar-refractivity contribution in [3.05, 3.63) is 77.6 Å². The van der Waals surface area contributed by atoms with Crippen molar-refractivity contribution >= 4 is 29.9 Å². The van der Waals surface area contributed by atoms with Gasteiger partial charge in [0, 0.05) is 26.3 Å². The number of aromatic nitrogens is 2. The lowest BCUT2D eigenvalue weighted by Gasteiger charge is -2.12. The molecule has 0 spiro atoms. The maximum Gasteiger partial charge on any atom is 0.190 e. The van der Waals surface area contributed by atoms with Crippen molar-refractivity contribution in [2.75, 3.05) is 27.2 Å². The van der Waals surface area contributed by atoms with Crippen LogP contribution in [0.3, 0.4) is 0 Å². The molecule has 0 aliphatic rings. The third-order valence-electron chi connectivity index (χ3n) is 5.03. The van der Waals surface area contributed by atoms with Crippen molar-refractivity contribution in [1.82, 2.24) is 20.4 Å². The lowest BCUT2D eigenvalue weighted by Crippen LogP contribution is -2.38. The minimum atomic E-state index is 0. The summed E-state index contributed by atoms with van der Waals surface area (Å²) in [5, 5.41) is 11.4. The van der Waals surface area contributed by atoms with Gasteiger partial charge in [-0.1, -0.05) is 30.3 Å². The molecule has 0 amide bonds. The van der Waals surface area contributed by atoms with E-state index in [9.17, 15) is 0 Å². The fourth-order valence-corrected chi connectivity index (χ4v) is 3.28. The van der Waals surface area contributed by atoms with E-state index in [1.54, 1.807) is 14.2 Å². The first-order valence-corrected chi connectivity index (χ1v) is 10.4. The van der Waals surface area contributed by atoms with Gasteiger partial charge in [-0.05, 0) is 61.6 Å². The summed E-state index contributed by atoms with van der Waals surface area (Å²) in [5.41, 5.74) is 4.72. The molecule has 3 rings (SSSR count). The van der Waals surface area contributed by atoms with E-state index in [4.69, 9.17) is 4.74 Å². The zero-order chi connectivity index (χ0) is 21.2. The molecule has 0 saturated carbocycles. The van der Waals surface area contributed by atoms with Crippen LogP contribution in [-0.4, -0.2) is 43.0 Å². The first-order valence-electron chi connectivity index (χ1n) is 10.4. The van der Waals surface area contributed by atoms with Gasteiger partial charge in [-0.2, -0.15) is 5.10 Å². The van der Waals surface area contributed by atoms with Crippen LogP contribution < -0.4 is 15.4 Å². The molecular weight excluding hydrogens is 501 g/mol. The highest BCUT2D eigenvalue weighted by Crippen LogP contribution is 2.13. The molecule has 3 aromatic rings. The number of nitrogens with one attached hydrogen (secondary N) is 2. The Kier molecular flexibility index (Phi) is 10.4. The number of benzene rings is 2. The van der Waals surface area contributed by atoms with Gasteiger partial charge >= 0.3 is 0 Å². The van der Waals surface area contributed by atoms with Gasteiger partial charge in [0.15, 0.2) is 5.96 Å². The second kappa shape index (κ2) is 13.0. The summed E-state index contributed by atoms with van der Waals surface area (Å²) >= 11 is 0. The summed E-state index contributed by atoms with van der Waals surface area (Å²) in [7, 11) is 3.49. The minimum absolute atomic E-state index is 0. The van der Waals surface area contributed by atoms with Crippen molar-refractivity contribution in [2.45, 2.75) is 26.2 Å². The molecule has 0 bridgehead atoms. The average Bonchev–Trinajstić information content (AvgIpc) is 3.17. The molecule has 0 radical (unpaired) electrons. The van der Waals surface area contributed by atoms with E-state index in [1.165, 1.54) is 11.1 Å². The Morgan fingerprint density at radius 1 is 1.00 bits per heavy atom. The lowest BCUT2D eigenvalue weighted by molar-refractivity contribution is 0.414. The van der Waals surface area contributed by atoms with Gasteiger partial charge in [-0.3, -0.25) is 4.99 Å². The molecule has 1 aromatic heterocycles. The molecule has 0 fully saturated rings. The van der Waals surface area contributed by atoms with Crippen LogP contribution in [-0.2, 0) is 12.8 Å². The van der Waals surface area contributed by atoms with Crippen LogP contribution in [0, 0.1) is 6.92 Å². The standard InChI is InChI=1S/C24H31N5O.HI/c1-19-21(18-29(28-19)22-9-5-4-6-10-22)8-7-16-26-24(25-2)27-17-15-20-11-13-23(30-3)14-12-20;/h4-6,9-14,18H,7-8,15-17H2,1-3H3,(H2,25,26,27);1H. The number of rotatable bonds is 9. The Balaban J connectivity index is 0.00000341. The number of para-hydroxylation sites is 1. The molecule has 2 N–H and O–H groups in total. The summed E-state index contributed by atoms with van der Waals surface area (Å²) in [6.45, 7) is 3.76. The predicted molar refractivity (Wildman–Crippen MR) is 138 cm³/mol. The third kappa shape index (κ3) is 7.57. The molecule has 1 heterocycles. The van der Waals surface area contributed by atoms with Gasteiger partial charge in [0.25, 0.3) is 0 Å². The number of halogens is 1. The van der Waals surface area contributed by atoms with Gasteiger partial charge in [0.2, 0.25) is 0 Å². The minimum Gasteiger partial charge on any atom is -0.497 e. The highest BCUT2D eigenvalue weighted by molar-refractivity contribution is 14.0. The number of aryl methyl sites for hydroxylation is 2.